The van der Waals surface area contributed by atoms with Crippen LogP contribution in [0.2, 0.25) is 10.2 Å². The van der Waals surface area contributed by atoms with Crippen molar-refractivity contribution in [2.45, 2.75) is 26.7 Å². The Hall–Kier alpha value is -0.800. The molecule has 1 amide bonds. The lowest BCUT2D eigenvalue weighted by molar-refractivity contribution is 0.0630. The Balaban J connectivity index is 2.10. The van der Waals surface area contributed by atoms with E-state index in [1.165, 1.54) is 6.20 Å². The van der Waals surface area contributed by atoms with E-state index < -0.39 is 0 Å². The van der Waals surface area contributed by atoms with Gasteiger partial charge in [0.25, 0.3) is 5.91 Å². The van der Waals surface area contributed by atoms with Gasteiger partial charge in [-0.15, -0.1) is 0 Å². The molecule has 0 N–H and O–H groups in total. The zero-order valence-electron chi connectivity index (χ0n) is 10.5. The summed E-state index contributed by atoms with van der Waals surface area (Å²) in [6, 6.07) is 1.58. The van der Waals surface area contributed by atoms with Gasteiger partial charge in [-0.05, 0) is 24.3 Å². The second-order valence-corrected chi connectivity index (χ2v) is 6.22. The SMILES string of the molecule is CC1(C)CCN(C(=O)c2cnc(Cl)c(Cl)c2)CC1. The summed E-state index contributed by atoms with van der Waals surface area (Å²) in [4.78, 5) is 18.0. The predicted molar refractivity (Wildman–Crippen MR) is 73.2 cm³/mol. The van der Waals surface area contributed by atoms with Gasteiger partial charge in [0, 0.05) is 19.3 Å². The molecule has 1 aromatic heterocycles. The second kappa shape index (κ2) is 5.06. The van der Waals surface area contributed by atoms with Crippen LogP contribution in [0.5, 0.6) is 0 Å². The van der Waals surface area contributed by atoms with E-state index >= 15 is 0 Å². The maximum Gasteiger partial charge on any atom is 0.255 e. The van der Waals surface area contributed by atoms with Crippen molar-refractivity contribution in [3.05, 3.63) is 28.0 Å². The molecule has 0 aliphatic carbocycles. The van der Waals surface area contributed by atoms with Crippen LogP contribution in [-0.4, -0.2) is 28.9 Å². The Bertz CT molecular complexity index is 464. The first-order valence-corrected chi connectivity index (χ1v) is 6.75. The van der Waals surface area contributed by atoms with Gasteiger partial charge < -0.3 is 4.90 Å². The van der Waals surface area contributed by atoms with Crippen LogP contribution in [-0.2, 0) is 0 Å². The van der Waals surface area contributed by atoms with E-state index in [2.05, 4.69) is 18.8 Å². The molecule has 18 heavy (non-hydrogen) atoms. The summed E-state index contributed by atoms with van der Waals surface area (Å²) in [5.74, 6) is -0.0171. The summed E-state index contributed by atoms with van der Waals surface area (Å²) in [6.07, 6.45) is 3.53. The molecule has 0 unspecified atom stereocenters. The Morgan fingerprint density at radius 1 is 1.33 bits per heavy atom. The molecule has 1 saturated heterocycles. The number of carbonyl (C=O) groups excluding carboxylic acids is 1. The average Bonchev–Trinajstić information content (AvgIpc) is 2.32. The lowest BCUT2D eigenvalue weighted by atomic mass is 9.82. The van der Waals surface area contributed by atoms with Crippen molar-refractivity contribution in [3.63, 3.8) is 0 Å². The van der Waals surface area contributed by atoms with Gasteiger partial charge in [0.1, 0.15) is 5.15 Å². The summed E-state index contributed by atoms with van der Waals surface area (Å²) in [5.41, 5.74) is 0.830. The molecule has 0 aromatic carbocycles. The number of likely N-dealkylation sites (tertiary alicyclic amines) is 1. The highest BCUT2D eigenvalue weighted by atomic mass is 35.5. The molecule has 2 heterocycles. The van der Waals surface area contributed by atoms with Crippen molar-refractivity contribution < 1.29 is 4.79 Å². The van der Waals surface area contributed by atoms with Crippen LogP contribution < -0.4 is 0 Å². The van der Waals surface area contributed by atoms with Crippen LogP contribution in [0.25, 0.3) is 0 Å². The van der Waals surface area contributed by atoms with Crippen molar-refractivity contribution in [2.75, 3.05) is 13.1 Å². The monoisotopic (exact) mass is 286 g/mol. The van der Waals surface area contributed by atoms with Gasteiger partial charge in [-0.2, -0.15) is 0 Å². The molecule has 0 radical (unpaired) electrons. The zero-order valence-corrected chi connectivity index (χ0v) is 12.1. The van der Waals surface area contributed by atoms with Crippen molar-refractivity contribution in [1.82, 2.24) is 9.88 Å². The Morgan fingerprint density at radius 3 is 2.50 bits per heavy atom. The van der Waals surface area contributed by atoms with Crippen LogP contribution in [0.1, 0.15) is 37.0 Å². The molecule has 1 aliphatic rings. The third-order valence-corrected chi connectivity index (χ3v) is 4.13. The molecule has 5 heteroatoms. The molecular weight excluding hydrogens is 271 g/mol. The summed E-state index contributed by atoms with van der Waals surface area (Å²) >= 11 is 11.6. The fourth-order valence-electron chi connectivity index (χ4n) is 2.04. The predicted octanol–water partition coefficient (Wildman–Crippen LogP) is 3.65. The van der Waals surface area contributed by atoms with Crippen LogP contribution in [0, 0.1) is 5.41 Å². The van der Waals surface area contributed by atoms with E-state index in [1.54, 1.807) is 6.07 Å². The van der Waals surface area contributed by atoms with E-state index in [0.29, 0.717) is 16.0 Å². The van der Waals surface area contributed by atoms with Crippen molar-refractivity contribution >= 4 is 29.1 Å². The highest BCUT2D eigenvalue weighted by Gasteiger charge is 2.28. The van der Waals surface area contributed by atoms with E-state index in [-0.39, 0.29) is 11.1 Å². The number of rotatable bonds is 1. The van der Waals surface area contributed by atoms with Gasteiger partial charge in [0.2, 0.25) is 0 Å². The number of halogens is 2. The normalized spacial score (nSPS) is 18.8. The maximum absolute atomic E-state index is 12.3. The third kappa shape index (κ3) is 2.96. The molecule has 3 nitrogen and oxygen atoms in total. The van der Waals surface area contributed by atoms with Crippen LogP contribution in [0.4, 0.5) is 0 Å². The topological polar surface area (TPSA) is 33.2 Å². The fraction of sp³-hybridized carbons (Fsp3) is 0.538. The highest BCUT2D eigenvalue weighted by molar-refractivity contribution is 6.41. The zero-order chi connectivity index (χ0) is 13.3. The third-order valence-electron chi connectivity index (χ3n) is 3.45. The van der Waals surface area contributed by atoms with E-state index in [1.807, 2.05) is 4.90 Å². The average molecular weight is 287 g/mol. The lowest BCUT2D eigenvalue weighted by Crippen LogP contribution is -2.41. The smallest absolute Gasteiger partial charge is 0.255 e. The number of carbonyl (C=O) groups is 1. The number of piperidine rings is 1. The van der Waals surface area contributed by atoms with Gasteiger partial charge in [-0.25, -0.2) is 4.98 Å². The van der Waals surface area contributed by atoms with Crippen LogP contribution in [0.15, 0.2) is 12.3 Å². The number of aromatic nitrogens is 1. The summed E-state index contributed by atoms with van der Waals surface area (Å²) < 4.78 is 0. The first-order chi connectivity index (χ1) is 8.39. The number of hydrogen-bond acceptors (Lipinski definition) is 2. The Kier molecular flexibility index (Phi) is 3.83. The first-order valence-electron chi connectivity index (χ1n) is 5.99. The standard InChI is InChI=1S/C13H16Cl2N2O/c1-13(2)3-5-17(6-4-13)12(18)9-7-10(14)11(15)16-8-9/h7-8H,3-6H2,1-2H3. The molecule has 0 atom stereocenters. The maximum atomic E-state index is 12.3. The molecule has 98 valence electrons. The van der Waals surface area contributed by atoms with Crippen molar-refractivity contribution in [2.24, 2.45) is 5.41 Å². The first kappa shape index (κ1) is 13.6. The number of hydrogen-bond donors (Lipinski definition) is 0. The van der Waals surface area contributed by atoms with E-state index in [0.717, 1.165) is 25.9 Å². The number of amides is 1. The minimum atomic E-state index is -0.0171. The molecule has 0 bridgehead atoms. The molecule has 1 aromatic rings. The molecular formula is C13H16Cl2N2O. The minimum absolute atomic E-state index is 0.0171. The van der Waals surface area contributed by atoms with E-state index in [9.17, 15) is 4.79 Å². The summed E-state index contributed by atoms with van der Waals surface area (Å²) in [5, 5.41) is 0.549. The van der Waals surface area contributed by atoms with Gasteiger partial charge in [0.05, 0.1) is 10.6 Å². The molecule has 1 aliphatic heterocycles. The number of nitrogens with zero attached hydrogens (tertiary/aromatic N) is 2. The largest absolute Gasteiger partial charge is 0.339 e. The van der Waals surface area contributed by atoms with Crippen molar-refractivity contribution in [3.8, 4) is 0 Å². The van der Waals surface area contributed by atoms with E-state index in [4.69, 9.17) is 23.2 Å². The molecule has 0 spiro atoms. The van der Waals surface area contributed by atoms with Crippen LogP contribution >= 0.6 is 23.2 Å². The number of pyridine rings is 1. The Labute approximate surface area is 117 Å². The van der Waals surface area contributed by atoms with Gasteiger partial charge in [-0.3, -0.25) is 4.79 Å². The second-order valence-electron chi connectivity index (χ2n) is 5.45. The molecule has 0 saturated carbocycles. The van der Waals surface area contributed by atoms with Gasteiger partial charge in [-0.1, -0.05) is 37.0 Å². The lowest BCUT2D eigenvalue weighted by Gasteiger charge is -2.36. The quantitative estimate of drug-likeness (QED) is 0.739. The Morgan fingerprint density at radius 2 is 1.94 bits per heavy atom. The molecule has 2 rings (SSSR count). The van der Waals surface area contributed by atoms with Crippen LogP contribution in [0.3, 0.4) is 0 Å². The highest BCUT2D eigenvalue weighted by Crippen LogP contribution is 2.30. The van der Waals surface area contributed by atoms with Gasteiger partial charge >= 0.3 is 0 Å². The fourth-order valence-corrected chi connectivity index (χ4v) is 2.31. The summed E-state index contributed by atoms with van der Waals surface area (Å²) in [6.45, 7) is 6.03. The summed E-state index contributed by atoms with van der Waals surface area (Å²) in [7, 11) is 0. The van der Waals surface area contributed by atoms with Crippen molar-refractivity contribution in [1.29, 1.82) is 0 Å². The molecule has 1 fully saturated rings. The minimum Gasteiger partial charge on any atom is -0.339 e. The van der Waals surface area contributed by atoms with Gasteiger partial charge in [0.15, 0.2) is 0 Å².